The first-order chi connectivity index (χ1) is 16.7. The standard InChI is InChI=1S/C30H31N3O/c1-2-22-14-16-24(17-15-22)29(33-18-8-9-19-33)21-31-30(34)26-20-28(23-10-4-3-5-11-23)32-27-13-7-6-12-25(26)27/h3-7,10-17,20,29H,2,8-9,18-19,21H2,1H3,(H,31,34)/t29-/m0/s1. The van der Waals surface area contributed by atoms with Gasteiger partial charge in [-0.15, -0.1) is 0 Å². The highest BCUT2D eigenvalue weighted by Gasteiger charge is 2.24. The third kappa shape index (κ3) is 4.73. The Labute approximate surface area is 201 Å². The van der Waals surface area contributed by atoms with Crippen molar-refractivity contribution in [3.8, 4) is 11.3 Å². The van der Waals surface area contributed by atoms with Crippen molar-refractivity contribution in [2.24, 2.45) is 0 Å². The number of hydrogen-bond donors (Lipinski definition) is 1. The van der Waals surface area contributed by atoms with E-state index in [-0.39, 0.29) is 11.9 Å². The largest absolute Gasteiger partial charge is 0.350 e. The Morgan fingerprint density at radius 1 is 0.941 bits per heavy atom. The Morgan fingerprint density at radius 2 is 1.65 bits per heavy atom. The van der Waals surface area contributed by atoms with Gasteiger partial charge in [0, 0.05) is 17.5 Å². The van der Waals surface area contributed by atoms with Crippen LogP contribution in [0.3, 0.4) is 0 Å². The number of para-hydroxylation sites is 1. The van der Waals surface area contributed by atoms with Crippen molar-refractivity contribution in [3.05, 3.63) is 102 Å². The lowest BCUT2D eigenvalue weighted by molar-refractivity contribution is 0.0939. The number of carbonyl (C=O) groups excluding carboxylic acids is 1. The normalized spacial score (nSPS) is 14.9. The number of amides is 1. The SMILES string of the molecule is CCc1ccc([C@H](CNC(=O)c2cc(-c3ccccc3)nc3ccccc23)N2CCCC2)cc1. The Hall–Kier alpha value is -3.50. The lowest BCUT2D eigenvalue weighted by atomic mass is 10.0. The van der Waals surface area contributed by atoms with E-state index in [1.807, 2.05) is 60.7 Å². The van der Waals surface area contributed by atoms with E-state index in [2.05, 4.69) is 41.4 Å². The quantitative estimate of drug-likeness (QED) is 0.375. The van der Waals surface area contributed by atoms with Gasteiger partial charge in [-0.2, -0.15) is 0 Å². The second-order valence-electron chi connectivity index (χ2n) is 9.00. The fourth-order valence-electron chi connectivity index (χ4n) is 4.89. The Morgan fingerprint density at radius 3 is 2.38 bits per heavy atom. The highest BCUT2D eigenvalue weighted by Crippen LogP contribution is 2.27. The average molecular weight is 450 g/mol. The van der Waals surface area contributed by atoms with Gasteiger partial charge in [-0.25, -0.2) is 4.98 Å². The van der Waals surface area contributed by atoms with E-state index >= 15 is 0 Å². The predicted octanol–water partition coefficient (Wildman–Crippen LogP) is 6.03. The van der Waals surface area contributed by atoms with Crippen LogP contribution in [0.25, 0.3) is 22.2 Å². The molecule has 1 saturated heterocycles. The van der Waals surface area contributed by atoms with Gasteiger partial charge in [-0.1, -0.05) is 79.7 Å². The monoisotopic (exact) mass is 449 g/mol. The number of rotatable bonds is 7. The number of pyridine rings is 1. The Bertz CT molecular complexity index is 1260. The van der Waals surface area contributed by atoms with E-state index < -0.39 is 0 Å². The lowest BCUT2D eigenvalue weighted by Crippen LogP contribution is -2.37. The van der Waals surface area contributed by atoms with E-state index in [1.54, 1.807) is 0 Å². The molecule has 5 rings (SSSR count). The van der Waals surface area contributed by atoms with Crippen molar-refractivity contribution in [2.75, 3.05) is 19.6 Å². The summed E-state index contributed by atoms with van der Waals surface area (Å²) in [5.41, 5.74) is 5.93. The van der Waals surface area contributed by atoms with E-state index in [0.29, 0.717) is 12.1 Å². The van der Waals surface area contributed by atoms with Crippen molar-refractivity contribution in [2.45, 2.75) is 32.2 Å². The van der Waals surface area contributed by atoms with Gasteiger partial charge in [0.05, 0.1) is 22.8 Å². The zero-order valence-corrected chi connectivity index (χ0v) is 19.7. The highest BCUT2D eigenvalue weighted by molar-refractivity contribution is 6.07. The van der Waals surface area contributed by atoms with Crippen LogP contribution < -0.4 is 5.32 Å². The van der Waals surface area contributed by atoms with Crippen molar-refractivity contribution in [1.82, 2.24) is 15.2 Å². The summed E-state index contributed by atoms with van der Waals surface area (Å²) < 4.78 is 0. The molecule has 4 nitrogen and oxygen atoms in total. The van der Waals surface area contributed by atoms with E-state index in [1.165, 1.54) is 24.0 Å². The molecule has 0 radical (unpaired) electrons. The molecule has 1 fully saturated rings. The molecule has 1 aliphatic heterocycles. The third-order valence-corrected chi connectivity index (χ3v) is 6.84. The number of nitrogens with zero attached hydrogens (tertiary/aromatic N) is 2. The second-order valence-corrected chi connectivity index (χ2v) is 9.00. The molecule has 0 aliphatic carbocycles. The number of carbonyl (C=O) groups is 1. The molecule has 0 bridgehead atoms. The van der Waals surface area contributed by atoms with Gasteiger partial charge in [0.2, 0.25) is 0 Å². The van der Waals surface area contributed by atoms with Crippen molar-refractivity contribution in [1.29, 1.82) is 0 Å². The first-order valence-corrected chi connectivity index (χ1v) is 12.3. The van der Waals surface area contributed by atoms with Crippen LogP contribution in [0.15, 0.2) is 84.9 Å². The molecule has 0 unspecified atom stereocenters. The van der Waals surface area contributed by atoms with Gasteiger partial charge in [-0.05, 0) is 55.6 Å². The van der Waals surface area contributed by atoms with E-state index in [9.17, 15) is 4.79 Å². The zero-order valence-electron chi connectivity index (χ0n) is 19.7. The maximum absolute atomic E-state index is 13.5. The molecule has 1 aromatic heterocycles. The predicted molar refractivity (Wildman–Crippen MR) is 139 cm³/mol. The van der Waals surface area contributed by atoms with Crippen molar-refractivity contribution in [3.63, 3.8) is 0 Å². The van der Waals surface area contributed by atoms with Crippen LogP contribution in [0.5, 0.6) is 0 Å². The van der Waals surface area contributed by atoms with Crippen LogP contribution in [-0.2, 0) is 6.42 Å². The maximum Gasteiger partial charge on any atom is 0.252 e. The van der Waals surface area contributed by atoms with Crippen LogP contribution in [-0.4, -0.2) is 35.4 Å². The third-order valence-electron chi connectivity index (χ3n) is 6.84. The van der Waals surface area contributed by atoms with E-state index in [0.717, 1.165) is 41.7 Å². The molecule has 1 atom stereocenters. The fraction of sp³-hybridized carbons (Fsp3) is 0.267. The fourth-order valence-corrected chi connectivity index (χ4v) is 4.89. The molecule has 4 heteroatoms. The minimum atomic E-state index is -0.0508. The summed E-state index contributed by atoms with van der Waals surface area (Å²) in [6.45, 7) is 4.91. The zero-order chi connectivity index (χ0) is 23.3. The van der Waals surface area contributed by atoms with Crippen LogP contribution in [0, 0.1) is 0 Å². The summed E-state index contributed by atoms with van der Waals surface area (Å²) in [5, 5.41) is 4.14. The summed E-state index contributed by atoms with van der Waals surface area (Å²) in [5.74, 6) is -0.0508. The average Bonchev–Trinajstić information content (AvgIpc) is 3.43. The number of nitrogens with one attached hydrogen (secondary N) is 1. The lowest BCUT2D eigenvalue weighted by Gasteiger charge is -2.28. The van der Waals surface area contributed by atoms with Crippen LogP contribution >= 0.6 is 0 Å². The first-order valence-electron chi connectivity index (χ1n) is 12.3. The molecular formula is C30H31N3O. The van der Waals surface area contributed by atoms with Crippen LogP contribution in [0.2, 0.25) is 0 Å². The maximum atomic E-state index is 13.5. The van der Waals surface area contributed by atoms with Crippen LogP contribution in [0.4, 0.5) is 0 Å². The molecule has 34 heavy (non-hydrogen) atoms. The Balaban J connectivity index is 1.43. The van der Waals surface area contributed by atoms with Gasteiger partial charge in [0.1, 0.15) is 0 Å². The molecular weight excluding hydrogens is 418 g/mol. The summed E-state index contributed by atoms with van der Waals surface area (Å²) in [6.07, 6.45) is 3.46. The smallest absolute Gasteiger partial charge is 0.252 e. The Kier molecular flexibility index (Phi) is 6.68. The molecule has 3 aromatic carbocycles. The molecule has 4 aromatic rings. The molecule has 0 saturated carbocycles. The van der Waals surface area contributed by atoms with Crippen molar-refractivity contribution >= 4 is 16.8 Å². The number of likely N-dealkylation sites (tertiary alicyclic amines) is 1. The van der Waals surface area contributed by atoms with Gasteiger partial charge in [0.15, 0.2) is 0 Å². The number of benzene rings is 3. The first kappa shape index (κ1) is 22.3. The number of aryl methyl sites for hydroxylation is 1. The number of aromatic nitrogens is 1. The van der Waals surface area contributed by atoms with Crippen LogP contribution in [0.1, 0.15) is 47.3 Å². The summed E-state index contributed by atoms with van der Waals surface area (Å²) in [7, 11) is 0. The number of fused-ring (bicyclic) bond motifs is 1. The molecule has 172 valence electrons. The number of hydrogen-bond acceptors (Lipinski definition) is 3. The summed E-state index contributed by atoms with van der Waals surface area (Å²) >= 11 is 0. The molecule has 1 aliphatic rings. The van der Waals surface area contributed by atoms with Gasteiger partial charge < -0.3 is 5.32 Å². The molecule has 0 spiro atoms. The summed E-state index contributed by atoms with van der Waals surface area (Å²) in [6, 6.07) is 28.9. The molecule has 1 N–H and O–H groups in total. The second kappa shape index (κ2) is 10.2. The summed E-state index contributed by atoms with van der Waals surface area (Å²) in [4.78, 5) is 20.9. The minimum absolute atomic E-state index is 0.0508. The molecule has 1 amide bonds. The van der Waals surface area contributed by atoms with Gasteiger partial charge >= 0.3 is 0 Å². The van der Waals surface area contributed by atoms with Crippen molar-refractivity contribution < 1.29 is 4.79 Å². The molecule has 2 heterocycles. The van der Waals surface area contributed by atoms with E-state index in [4.69, 9.17) is 4.98 Å². The minimum Gasteiger partial charge on any atom is -0.350 e. The van der Waals surface area contributed by atoms with Gasteiger partial charge in [0.25, 0.3) is 5.91 Å². The topological polar surface area (TPSA) is 45.2 Å². The van der Waals surface area contributed by atoms with Gasteiger partial charge in [-0.3, -0.25) is 9.69 Å². The highest BCUT2D eigenvalue weighted by atomic mass is 16.1.